The molecule has 0 atom stereocenters. The van der Waals surface area contributed by atoms with Gasteiger partial charge in [0.05, 0.1) is 13.7 Å². The maximum Gasteiger partial charge on any atom is 0.243 e. The molecule has 6 nitrogen and oxygen atoms in total. The lowest BCUT2D eigenvalue weighted by atomic mass is 10.2. The Hall–Kier alpha value is -3.02. The van der Waals surface area contributed by atoms with Gasteiger partial charge in [0.1, 0.15) is 5.75 Å². The number of carbonyl (C=O) groups excluding carboxylic acids is 2. The third kappa shape index (κ3) is 7.40. The summed E-state index contributed by atoms with van der Waals surface area (Å²) in [4.78, 5) is 24.1. The molecule has 0 fully saturated rings. The van der Waals surface area contributed by atoms with Crippen LogP contribution in [0, 0.1) is 0 Å². The fourth-order valence-electron chi connectivity index (χ4n) is 2.55. The highest BCUT2D eigenvalue weighted by Gasteiger charge is 2.06. The number of hydrogen-bond donors (Lipinski definition) is 3. The molecule has 0 aliphatic heterocycles. The minimum atomic E-state index is -0.177. The Morgan fingerprint density at radius 3 is 2.26 bits per heavy atom. The van der Waals surface area contributed by atoms with Gasteiger partial charge in [-0.05, 0) is 36.8 Å². The highest BCUT2D eigenvalue weighted by Crippen LogP contribution is 2.17. The molecule has 0 aliphatic carbocycles. The molecule has 2 amide bonds. The van der Waals surface area contributed by atoms with Crippen LogP contribution in [0.5, 0.6) is 5.75 Å². The molecule has 0 aliphatic rings. The lowest BCUT2D eigenvalue weighted by molar-refractivity contribution is -0.116. The molecule has 0 aromatic heterocycles. The topological polar surface area (TPSA) is 79.5 Å². The third-order valence-electron chi connectivity index (χ3n) is 3.96. The minimum Gasteiger partial charge on any atom is -0.497 e. The van der Waals surface area contributed by atoms with Gasteiger partial charge >= 0.3 is 0 Å². The van der Waals surface area contributed by atoms with Gasteiger partial charge in [0, 0.05) is 29.5 Å². The number of ether oxygens (including phenoxy) is 1. The number of carbonyl (C=O) groups is 2. The van der Waals surface area contributed by atoms with Crippen molar-refractivity contribution in [2.24, 2.45) is 0 Å². The molecule has 0 unspecified atom stereocenters. The van der Waals surface area contributed by atoms with E-state index in [1.165, 1.54) is 0 Å². The molecular weight excluding hydrogens is 342 g/mol. The number of nitrogens with one attached hydrogen (secondary N) is 3. The van der Waals surface area contributed by atoms with Gasteiger partial charge in [-0.1, -0.05) is 31.9 Å². The van der Waals surface area contributed by atoms with Gasteiger partial charge in [-0.2, -0.15) is 0 Å². The number of anilines is 3. The van der Waals surface area contributed by atoms with Gasteiger partial charge in [-0.3, -0.25) is 9.59 Å². The predicted octanol–water partition coefficient (Wildman–Crippen LogP) is 4.26. The second-order valence-corrected chi connectivity index (χ2v) is 6.22. The standard InChI is InChI=1S/C21H27N3O3/c1-3-4-5-12-20(25)23-17-9-6-10-18(13-17)24-21(26)15-22-16-8-7-11-19(14-16)27-2/h6-11,13-14,22H,3-5,12,15H2,1-2H3,(H,23,25)(H,24,26). The van der Waals surface area contributed by atoms with Crippen LogP contribution in [0.3, 0.4) is 0 Å². The molecule has 0 spiro atoms. The Morgan fingerprint density at radius 2 is 1.56 bits per heavy atom. The summed E-state index contributed by atoms with van der Waals surface area (Å²) in [6, 6.07) is 14.5. The van der Waals surface area contributed by atoms with E-state index in [9.17, 15) is 9.59 Å². The number of hydrogen-bond acceptors (Lipinski definition) is 4. The molecule has 2 aromatic rings. The van der Waals surface area contributed by atoms with Crippen molar-refractivity contribution in [3.63, 3.8) is 0 Å². The quantitative estimate of drug-likeness (QED) is 0.547. The largest absolute Gasteiger partial charge is 0.497 e. The third-order valence-corrected chi connectivity index (χ3v) is 3.96. The monoisotopic (exact) mass is 369 g/mol. The van der Waals surface area contributed by atoms with E-state index in [1.807, 2.05) is 30.3 Å². The lowest BCUT2D eigenvalue weighted by Gasteiger charge is -2.10. The van der Waals surface area contributed by atoms with E-state index in [4.69, 9.17) is 4.74 Å². The van der Waals surface area contributed by atoms with Crippen molar-refractivity contribution < 1.29 is 14.3 Å². The van der Waals surface area contributed by atoms with Crippen LogP contribution in [-0.4, -0.2) is 25.5 Å². The minimum absolute atomic E-state index is 0.00776. The first-order valence-electron chi connectivity index (χ1n) is 9.18. The molecule has 0 radical (unpaired) electrons. The Kier molecular flexibility index (Phi) is 8.16. The maximum atomic E-state index is 12.2. The van der Waals surface area contributed by atoms with Crippen molar-refractivity contribution in [1.82, 2.24) is 0 Å². The van der Waals surface area contributed by atoms with Crippen molar-refractivity contribution in [3.05, 3.63) is 48.5 Å². The van der Waals surface area contributed by atoms with Gasteiger partial charge < -0.3 is 20.7 Å². The lowest BCUT2D eigenvalue weighted by Crippen LogP contribution is -2.21. The van der Waals surface area contributed by atoms with E-state index < -0.39 is 0 Å². The van der Waals surface area contributed by atoms with Crippen molar-refractivity contribution >= 4 is 28.9 Å². The fraction of sp³-hybridized carbons (Fsp3) is 0.333. The van der Waals surface area contributed by atoms with Gasteiger partial charge in [-0.15, -0.1) is 0 Å². The molecule has 6 heteroatoms. The zero-order valence-electron chi connectivity index (χ0n) is 15.9. The van der Waals surface area contributed by atoms with E-state index in [0.29, 0.717) is 17.8 Å². The van der Waals surface area contributed by atoms with Crippen LogP contribution >= 0.6 is 0 Å². The number of unbranched alkanes of at least 4 members (excludes halogenated alkanes) is 2. The number of methoxy groups -OCH3 is 1. The summed E-state index contributed by atoms with van der Waals surface area (Å²) in [6.45, 7) is 2.23. The Balaban J connectivity index is 1.83. The highest BCUT2D eigenvalue weighted by atomic mass is 16.5. The molecule has 144 valence electrons. The summed E-state index contributed by atoms with van der Waals surface area (Å²) >= 11 is 0. The summed E-state index contributed by atoms with van der Waals surface area (Å²) < 4.78 is 5.16. The molecule has 2 rings (SSSR count). The maximum absolute atomic E-state index is 12.2. The van der Waals surface area contributed by atoms with Crippen LogP contribution in [-0.2, 0) is 9.59 Å². The van der Waals surface area contributed by atoms with E-state index in [2.05, 4.69) is 22.9 Å². The predicted molar refractivity (Wildman–Crippen MR) is 109 cm³/mol. The van der Waals surface area contributed by atoms with Gasteiger partial charge in [0.15, 0.2) is 0 Å². The van der Waals surface area contributed by atoms with E-state index in [0.717, 1.165) is 30.7 Å². The Bertz CT molecular complexity index is 762. The summed E-state index contributed by atoms with van der Waals surface area (Å²) in [5.74, 6) is 0.540. The van der Waals surface area contributed by atoms with Crippen LogP contribution in [0.25, 0.3) is 0 Å². The zero-order valence-corrected chi connectivity index (χ0v) is 15.9. The first kappa shape index (κ1) is 20.3. The Morgan fingerprint density at radius 1 is 0.889 bits per heavy atom. The van der Waals surface area contributed by atoms with E-state index >= 15 is 0 Å². The smallest absolute Gasteiger partial charge is 0.243 e. The normalized spacial score (nSPS) is 10.1. The molecule has 0 heterocycles. The molecule has 0 saturated heterocycles. The molecular formula is C21H27N3O3. The molecule has 0 saturated carbocycles. The average Bonchev–Trinajstić information content (AvgIpc) is 2.67. The van der Waals surface area contributed by atoms with Crippen LogP contribution in [0.1, 0.15) is 32.6 Å². The first-order chi connectivity index (χ1) is 13.1. The second kappa shape index (κ2) is 10.9. The van der Waals surface area contributed by atoms with Gasteiger partial charge in [0.2, 0.25) is 11.8 Å². The van der Waals surface area contributed by atoms with E-state index in [1.54, 1.807) is 25.3 Å². The summed E-state index contributed by atoms with van der Waals surface area (Å²) in [5.41, 5.74) is 2.12. The van der Waals surface area contributed by atoms with E-state index in [-0.39, 0.29) is 18.4 Å². The van der Waals surface area contributed by atoms with Gasteiger partial charge in [0.25, 0.3) is 0 Å². The van der Waals surface area contributed by atoms with Crippen LogP contribution < -0.4 is 20.7 Å². The van der Waals surface area contributed by atoms with Crippen molar-refractivity contribution in [1.29, 1.82) is 0 Å². The fourth-order valence-corrected chi connectivity index (χ4v) is 2.55. The van der Waals surface area contributed by atoms with Crippen LogP contribution in [0.15, 0.2) is 48.5 Å². The van der Waals surface area contributed by atoms with Crippen molar-refractivity contribution in [3.8, 4) is 5.75 Å². The number of amides is 2. The summed E-state index contributed by atoms with van der Waals surface area (Å²) in [5, 5.41) is 8.74. The van der Waals surface area contributed by atoms with Crippen molar-refractivity contribution in [2.45, 2.75) is 32.6 Å². The second-order valence-electron chi connectivity index (χ2n) is 6.22. The summed E-state index contributed by atoms with van der Waals surface area (Å²) in [6.07, 6.45) is 3.52. The molecule has 0 bridgehead atoms. The zero-order chi connectivity index (χ0) is 19.5. The Labute approximate surface area is 160 Å². The molecule has 3 N–H and O–H groups in total. The first-order valence-corrected chi connectivity index (χ1v) is 9.18. The van der Waals surface area contributed by atoms with Crippen LogP contribution in [0.4, 0.5) is 17.1 Å². The SMILES string of the molecule is CCCCCC(=O)Nc1cccc(NC(=O)CNc2cccc(OC)c2)c1. The number of benzene rings is 2. The highest BCUT2D eigenvalue weighted by molar-refractivity contribution is 5.95. The van der Waals surface area contributed by atoms with Crippen LogP contribution in [0.2, 0.25) is 0 Å². The van der Waals surface area contributed by atoms with Gasteiger partial charge in [-0.25, -0.2) is 0 Å². The summed E-state index contributed by atoms with van der Waals surface area (Å²) in [7, 11) is 1.60. The van der Waals surface area contributed by atoms with Crippen molar-refractivity contribution in [2.75, 3.05) is 29.6 Å². The molecule has 2 aromatic carbocycles. The average molecular weight is 369 g/mol. The number of rotatable bonds is 10. The molecule has 27 heavy (non-hydrogen) atoms.